The number of thiophene rings is 1. The normalized spacial score (nSPS) is 20.6. The number of hydrogen-bond donors (Lipinski definition) is 1. The van der Waals surface area contributed by atoms with Crippen molar-refractivity contribution in [3.05, 3.63) is 21.9 Å². The quantitative estimate of drug-likeness (QED) is 0.888. The van der Waals surface area contributed by atoms with Crippen LogP contribution < -0.4 is 5.73 Å². The van der Waals surface area contributed by atoms with Gasteiger partial charge in [-0.1, -0.05) is 13.8 Å². The molecule has 2 rings (SSSR count). The molecule has 1 aliphatic rings. The van der Waals surface area contributed by atoms with Gasteiger partial charge in [0.25, 0.3) is 0 Å². The minimum atomic E-state index is 0.464. The van der Waals surface area contributed by atoms with E-state index >= 15 is 0 Å². The van der Waals surface area contributed by atoms with Gasteiger partial charge in [0.1, 0.15) is 0 Å². The van der Waals surface area contributed by atoms with E-state index in [9.17, 15) is 0 Å². The van der Waals surface area contributed by atoms with Crippen molar-refractivity contribution >= 4 is 11.3 Å². The monoisotopic (exact) mass is 253 g/mol. The molecular formula is C14H23NOS. The van der Waals surface area contributed by atoms with Gasteiger partial charge in [-0.15, -0.1) is 11.3 Å². The molecule has 1 saturated carbocycles. The van der Waals surface area contributed by atoms with Crippen LogP contribution in [-0.2, 0) is 17.9 Å². The van der Waals surface area contributed by atoms with Crippen LogP contribution in [0.3, 0.4) is 0 Å². The second-order valence-electron chi connectivity index (χ2n) is 5.75. The third-order valence-electron chi connectivity index (χ3n) is 3.67. The summed E-state index contributed by atoms with van der Waals surface area (Å²) in [5.74, 6) is 0. The van der Waals surface area contributed by atoms with E-state index in [0.717, 1.165) is 6.61 Å². The Morgan fingerprint density at radius 2 is 1.94 bits per heavy atom. The molecule has 2 N–H and O–H groups in total. The predicted molar refractivity (Wildman–Crippen MR) is 73.0 cm³/mol. The highest BCUT2D eigenvalue weighted by molar-refractivity contribution is 7.11. The number of hydrogen-bond acceptors (Lipinski definition) is 3. The van der Waals surface area contributed by atoms with Crippen molar-refractivity contribution < 1.29 is 4.74 Å². The molecule has 17 heavy (non-hydrogen) atoms. The highest BCUT2D eigenvalue weighted by Crippen LogP contribution is 2.36. The van der Waals surface area contributed by atoms with E-state index in [4.69, 9.17) is 10.5 Å². The molecule has 3 heteroatoms. The van der Waals surface area contributed by atoms with Crippen LogP contribution in [0.4, 0.5) is 0 Å². The van der Waals surface area contributed by atoms with Crippen molar-refractivity contribution in [3.63, 3.8) is 0 Å². The molecule has 0 saturated heterocycles. The summed E-state index contributed by atoms with van der Waals surface area (Å²) in [5, 5.41) is 0. The Labute approximate surface area is 108 Å². The standard InChI is InChI=1S/C14H23NOS/c1-14(2)7-5-11(6-8-14)16-10-13-4-3-12(9-15)17-13/h3-4,11H,5-10,15H2,1-2H3. The van der Waals surface area contributed by atoms with Gasteiger partial charge in [0, 0.05) is 16.3 Å². The predicted octanol–water partition coefficient (Wildman–Crippen LogP) is 3.69. The average molecular weight is 253 g/mol. The smallest absolute Gasteiger partial charge is 0.0813 e. The molecule has 1 fully saturated rings. The highest BCUT2D eigenvalue weighted by atomic mass is 32.1. The van der Waals surface area contributed by atoms with Crippen LogP contribution in [0, 0.1) is 5.41 Å². The Morgan fingerprint density at radius 3 is 2.53 bits per heavy atom. The van der Waals surface area contributed by atoms with Crippen molar-refractivity contribution in [1.82, 2.24) is 0 Å². The number of rotatable bonds is 4. The molecule has 0 aliphatic heterocycles. The van der Waals surface area contributed by atoms with Crippen LogP contribution in [0.25, 0.3) is 0 Å². The van der Waals surface area contributed by atoms with Crippen LogP contribution >= 0.6 is 11.3 Å². The van der Waals surface area contributed by atoms with Crippen molar-refractivity contribution in [2.45, 2.75) is 58.8 Å². The SMILES string of the molecule is CC1(C)CCC(OCc2ccc(CN)s2)CC1. The molecular weight excluding hydrogens is 230 g/mol. The molecule has 1 aromatic heterocycles. The lowest BCUT2D eigenvalue weighted by molar-refractivity contribution is -0.00448. The lowest BCUT2D eigenvalue weighted by atomic mass is 9.76. The maximum atomic E-state index is 5.99. The molecule has 0 amide bonds. The highest BCUT2D eigenvalue weighted by Gasteiger charge is 2.27. The number of ether oxygens (including phenoxy) is 1. The molecule has 2 nitrogen and oxygen atoms in total. The van der Waals surface area contributed by atoms with Crippen LogP contribution in [-0.4, -0.2) is 6.10 Å². The van der Waals surface area contributed by atoms with Gasteiger partial charge in [-0.2, -0.15) is 0 Å². The first-order valence-corrected chi connectivity index (χ1v) is 7.30. The van der Waals surface area contributed by atoms with Gasteiger partial charge in [-0.3, -0.25) is 0 Å². The molecule has 0 spiro atoms. The summed E-state index contributed by atoms with van der Waals surface area (Å²) in [7, 11) is 0. The minimum Gasteiger partial charge on any atom is -0.373 e. The molecule has 1 aromatic rings. The molecule has 0 atom stereocenters. The second kappa shape index (κ2) is 5.51. The van der Waals surface area contributed by atoms with Crippen molar-refractivity contribution in [1.29, 1.82) is 0 Å². The molecule has 96 valence electrons. The largest absolute Gasteiger partial charge is 0.373 e. The third-order valence-corrected chi connectivity index (χ3v) is 4.75. The maximum absolute atomic E-state index is 5.99. The zero-order valence-electron chi connectivity index (χ0n) is 10.9. The molecule has 1 heterocycles. The lowest BCUT2D eigenvalue weighted by Crippen LogP contribution is -2.26. The zero-order valence-corrected chi connectivity index (χ0v) is 11.7. The van der Waals surface area contributed by atoms with Crippen molar-refractivity contribution in [2.24, 2.45) is 11.1 Å². The fourth-order valence-electron chi connectivity index (χ4n) is 2.35. The summed E-state index contributed by atoms with van der Waals surface area (Å²) >= 11 is 1.77. The first kappa shape index (κ1) is 13.1. The van der Waals surface area contributed by atoms with Gasteiger partial charge in [-0.05, 0) is 43.2 Å². The minimum absolute atomic E-state index is 0.464. The van der Waals surface area contributed by atoms with Gasteiger partial charge in [0.05, 0.1) is 12.7 Å². The third kappa shape index (κ3) is 3.80. The molecule has 0 aromatic carbocycles. The summed E-state index contributed by atoms with van der Waals surface area (Å²) in [6.07, 6.45) is 5.46. The van der Waals surface area contributed by atoms with Gasteiger partial charge in [-0.25, -0.2) is 0 Å². The molecule has 0 radical (unpaired) electrons. The topological polar surface area (TPSA) is 35.2 Å². The Bertz CT molecular complexity index is 349. The Morgan fingerprint density at radius 1 is 1.29 bits per heavy atom. The van der Waals surface area contributed by atoms with E-state index in [-0.39, 0.29) is 0 Å². The first-order valence-electron chi connectivity index (χ1n) is 6.48. The Balaban J connectivity index is 1.75. The summed E-state index contributed by atoms with van der Waals surface area (Å²) in [6.45, 7) is 6.12. The summed E-state index contributed by atoms with van der Waals surface area (Å²) in [4.78, 5) is 2.55. The van der Waals surface area contributed by atoms with E-state index in [1.165, 1.54) is 35.4 Å². The van der Waals surface area contributed by atoms with Crippen LogP contribution in [0.2, 0.25) is 0 Å². The average Bonchev–Trinajstić information content (AvgIpc) is 2.75. The van der Waals surface area contributed by atoms with Crippen molar-refractivity contribution in [2.75, 3.05) is 0 Å². The molecule has 0 unspecified atom stereocenters. The zero-order chi connectivity index (χ0) is 12.3. The van der Waals surface area contributed by atoms with Gasteiger partial charge in [0.15, 0.2) is 0 Å². The Kier molecular flexibility index (Phi) is 4.23. The fraction of sp³-hybridized carbons (Fsp3) is 0.714. The summed E-state index contributed by atoms with van der Waals surface area (Å²) < 4.78 is 5.99. The molecule has 1 aliphatic carbocycles. The maximum Gasteiger partial charge on any atom is 0.0813 e. The van der Waals surface area contributed by atoms with Crippen LogP contribution in [0.1, 0.15) is 49.3 Å². The van der Waals surface area contributed by atoms with Gasteiger partial charge < -0.3 is 10.5 Å². The van der Waals surface area contributed by atoms with Gasteiger partial charge >= 0.3 is 0 Å². The van der Waals surface area contributed by atoms with E-state index < -0.39 is 0 Å². The van der Waals surface area contributed by atoms with Crippen LogP contribution in [0.5, 0.6) is 0 Å². The molecule has 0 bridgehead atoms. The van der Waals surface area contributed by atoms with E-state index in [2.05, 4.69) is 26.0 Å². The van der Waals surface area contributed by atoms with Crippen molar-refractivity contribution in [3.8, 4) is 0 Å². The number of nitrogens with two attached hydrogens (primary N) is 1. The lowest BCUT2D eigenvalue weighted by Gasteiger charge is -2.34. The van der Waals surface area contributed by atoms with Crippen LogP contribution in [0.15, 0.2) is 12.1 Å². The fourth-order valence-corrected chi connectivity index (χ4v) is 3.17. The van der Waals surface area contributed by atoms with E-state index in [0.29, 0.717) is 18.1 Å². The van der Waals surface area contributed by atoms with E-state index in [1.807, 2.05) is 0 Å². The van der Waals surface area contributed by atoms with E-state index in [1.54, 1.807) is 11.3 Å². The first-order chi connectivity index (χ1) is 8.09. The Hall–Kier alpha value is -0.380. The second-order valence-corrected chi connectivity index (χ2v) is 7.00. The van der Waals surface area contributed by atoms with Gasteiger partial charge in [0.2, 0.25) is 0 Å². The summed E-state index contributed by atoms with van der Waals surface area (Å²) in [6, 6.07) is 4.24. The summed E-state index contributed by atoms with van der Waals surface area (Å²) in [5.41, 5.74) is 6.12.